The topological polar surface area (TPSA) is 87.2 Å². The van der Waals surface area contributed by atoms with Gasteiger partial charge < -0.3 is 14.7 Å². The highest BCUT2D eigenvalue weighted by atomic mass is 16.5. The molecular formula is C19H21N5O2. The Labute approximate surface area is 151 Å². The monoisotopic (exact) mass is 351 g/mol. The zero-order valence-electron chi connectivity index (χ0n) is 14.6. The van der Waals surface area contributed by atoms with Crippen molar-refractivity contribution in [2.75, 3.05) is 18.0 Å². The second-order valence-corrected chi connectivity index (χ2v) is 7.48. The number of hydrogen-bond acceptors (Lipinski definition) is 6. The smallest absolute Gasteiger partial charge is 0.132 e. The number of rotatable bonds is 4. The molecule has 1 aliphatic carbocycles. The van der Waals surface area contributed by atoms with Crippen LogP contribution in [0.3, 0.4) is 0 Å². The number of nitrogens with zero attached hydrogens (tertiary/aromatic N) is 4. The largest absolute Gasteiger partial charge is 0.488 e. The Balaban J connectivity index is 1.51. The summed E-state index contributed by atoms with van der Waals surface area (Å²) in [4.78, 5) is 10.9. The van der Waals surface area contributed by atoms with Crippen LogP contribution in [-0.2, 0) is 0 Å². The third-order valence-electron chi connectivity index (χ3n) is 5.24. The van der Waals surface area contributed by atoms with Crippen molar-refractivity contribution in [3.63, 3.8) is 0 Å². The lowest BCUT2D eigenvalue weighted by Crippen LogP contribution is -2.22. The van der Waals surface area contributed by atoms with Gasteiger partial charge in [-0.05, 0) is 44.4 Å². The summed E-state index contributed by atoms with van der Waals surface area (Å²) in [7, 11) is 0. The number of aliphatic hydroxyl groups is 1. The van der Waals surface area contributed by atoms with E-state index in [0.29, 0.717) is 6.54 Å². The van der Waals surface area contributed by atoms with Gasteiger partial charge in [-0.25, -0.2) is 9.97 Å². The Hall–Kier alpha value is -2.67. The Kier molecular flexibility index (Phi) is 3.40. The Morgan fingerprint density at radius 3 is 2.92 bits per heavy atom. The van der Waals surface area contributed by atoms with E-state index in [9.17, 15) is 5.11 Å². The Bertz CT molecular complexity index is 965. The summed E-state index contributed by atoms with van der Waals surface area (Å²) in [5, 5.41) is 18.3. The van der Waals surface area contributed by atoms with E-state index < -0.39 is 0 Å². The van der Waals surface area contributed by atoms with Crippen LogP contribution in [0.1, 0.15) is 26.2 Å². The molecule has 1 saturated carbocycles. The number of hydrogen-bond donors (Lipinski definition) is 2. The molecule has 5 rings (SSSR count). The molecule has 2 fully saturated rings. The molecule has 3 heterocycles. The van der Waals surface area contributed by atoms with Crippen molar-refractivity contribution in [2.24, 2.45) is 0 Å². The van der Waals surface area contributed by atoms with Gasteiger partial charge in [0.05, 0.1) is 17.3 Å². The molecule has 1 atom stereocenters. The predicted molar refractivity (Wildman–Crippen MR) is 98.2 cm³/mol. The number of nitrogens with one attached hydrogen (secondary N) is 1. The Morgan fingerprint density at radius 2 is 2.15 bits per heavy atom. The van der Waals surface area contributed by atoms with Gasteiger partial charge in [0.1, 0.15) is 29.2 Å². The molecule has 0 radical (unpaired) electrons. The normalized spacial score (nSPS) is 21.3. The molecule has 0 bridgehead atoms. The van der Waals surface area contributed by atoms with Gasteiger partial charge in [0, 0.05) is 24.5 Å². The molecule has 1 aromatic carbocycles. The summed E-state index contributed by atoms with van der Waals surface area (Å²) in [6.45, 7) is 3.54. The van der Waals surface area contributed by atoms with Crippen LogP contribution < -0.4 is 9.64 Å². The number of aliphatic hydroxyl groups excluding tert-OH is 1. The molecule has 2 aromatic heterocycles. The first-order chi connectivity index (χ1) is 12.6. The van der Waals surface area contributed by atoms with Gasteiger partial charge in [0.2, 0.25) is 0 Å². The summed E-state index contributed by atoms with van der Waals surface area (Å²) in [5.74, 6) is 1.68. The first-order valence-corrected chi connectivity index (χ1v) is 9.02. The van der Waals surface area contributed by atoms with Gasteiger partial charge in [-0.1, -0.05) is 0 Å². The summed E-state index contributed by atoms with van der Waals surface area (Å²) < 4.78 is 6.09. The molecule has 0 unspecified atom stereocenters. The van der Waals surface area contributed by atoms with Crippen LogP contribution in [0.2, 0.25) is 0 Å². The minimum atomic E-state index is -0.289. The van der Waals surface area contributed by atoms with Crippen LogP contribution in [0.25, 0.3) is 22.3 Å². The molecule has 0 amide bonds. The molecule has 1 aliphatic heterocycles. The molecule has 2 aliphatic rings. The molecule has 7 heteroatoms. The van der Waals surface area contributed by atoms with Crippen LogP contribution >= 0.6 is 0 Å². The van der Waals surface area contributed by atoms with Gasteiger partial charge in [0.15, 0.2) is 0 Å². The van der Waals surface area contributed by atoms with E-state index in [0.717, 1.165) is 59.7 Å². The van der Waals surface area contributed by atoms with Crippen LogP contribution in [0, 0.1) is 0 Å². The van der Waals surface area contributed by atoms with Crippen molar-refractivity contribution < 1.29 is 9.84 Å². The quantitative estimate of drug-likeness (QED) is 0.751. The van der Waals surface area contributed by atoms with Crippen molar-refractivity contribution in [3.05, 3.63) is 30.6 Å². The fraction of sp³-hybridized carbons (Fsp3) is 0.421. The van der Waals surface area contributed by atoms with E-state index in [2.05, 4.69) is 32.0 Å². The van der Waals surface area contributed by atoms with Crippen molar-refractivity contribution >= 4 is 16.7 Å². The summed E-state index contributed by atoms with van der Waals surface area (Å²) in [6.07, 6.45) is 4.23. The van der Waals surface area contributed by atoms with Crippen LogP contribution in [0.15, 0.2) is 30.6 Å². The number of aromatic nitrogens is 4. The molecular weight excluding hydrogens is 330 g/mol. The highest BCUT2D eigenvalue weighted by Gasteiger charge is 2.40. The summed E-state index contributed by atoms with van der Waals surface area (Å²) in [5.41, 5.74) is 2.48. The fourth-order valence-electron chi connectivity index (χ4n) is 3.41. The number of benzene rings is 1. The highest BCUT2D eigenvalue weighted by Crippen LogP contribution is 2.40. The third kappa shape index (κ3) is 2.78. The highest BCUT2D eigenvalue weighted by molar-refractivity contribution is 5.93. The molecule has 2 N–H and O–H groups in total. The lowest BCUT2D eigenvalue weighted by Gasteiger charge is -2.16. The minimum Gasteiger partial charge on any atom is -0.488 e. The second kappa shape index (κ2) is 5.67. The maximum atomic E-state index is 9.77. The second-order valence-electron chi connectivity index (χ2n) is 7.48. The van der Waals surface area contributed by atoms with Crippen molar-refractivity contribution in [1.82, 2.24) is 20.2 Å². The molecule has 134 valence electrons. The van der Waals surface area contributed by atoms with Crippen molar-refractivity contribution in [2.45, 2.75) is 37.9 Å². The number of fused-ring (bicyclic) bond motifs is 1. The fourth-order valence-corrected chi connectivity index (χ4v) is 3.41. The first-order valence-electron chi connectivity index (χ1n) is 9.02. The lowest BCUT2D eigenvalue weighted by molar-refractivity contribution is 0.198. The third-order valence-corrected chi connectivity index (χ3v) is 5.24. The van der Waals surface area contributed by atoms with Gasteiger partial charge in [0.25, 0.3) is 0 Å². The minimum absolute atomic E-state index is 0.0176. The molecule has 7 nitrogen and oxygen atoms in total. The maximum absolute atomic E-state index is 9.77. The molecule has 26 heavy (non-hydrogen) atoms. The van der Waals surface area contributed by atoms with Crippen molar-refractivity contribution in [3.8, 4) is 17.1 Å². The zero-order chi connectivity index (χ0) is 17.7. The first kappa shape index (κ1) is 15.6. The van der Waals surface area contributed by atoms with Crippen LogP contribution in [-0.4, -0.2) is 50.1 Å². The van der Waals surface area contributed by atoms with Gasteiger partial charge in [-0.3, -0.25) is 5.10 Å². The van der Waals surface area contributed by atoms with Gasteiger partial charge in [-0.2, -0.15) is 5.10 Å². The summed E-state index contributed by atoms with van der Waals surface area (Å²) >= 11 is 0. The Morgan fingerprint density at radius 1 is 1.27 bits per heavy atom. The van der Waals surface area contributed by atoms with Gasteiger partial charge >= 0.3 is 0 Å². The van der Waals surface area contributed by atoms with E-state index in [4.69, 9.17) is 4.74 Å². The number of β-amino-alcohol motifs (C(OH)–C–C–N with tert-alkyl or cyclic N) is 1. The van der Waals surface area contributed by atoms with Gasteiger partial charge in [-0.15, -0.1) is 0 Å². The van der Waals surface area contributed by atoms with E-state index in [1.165, 1.54) is 0 Å². The number of aromatic amines is 1. The molecule has 1 saturated heterocycles. The van der Waals surface area contributed by atoms with Crippen molar-refractivity contribution in [1.29, 1.82) is 0 Å². The van der Waals surface area contributed by atoms with E-state index in [-0.39, 0.29) is 11.7 Å². The SMILES string of the molecule is CC1(Oc2ccc3[nH]nc(-c4cc(N5CC[C@@H](O)C5)ncn4)c3c2)CC1. The average Bonchev–Trinajstić information content (AvgIpc) is 3.05. The number of H-pyrrole nitrogens is 1. The van der Waals surface area contributed by atoms with E-state index in [1.807, 2.05) is 24.3 Å². The van der Waals surface area contributed by atoms with Crippen LogP contribution in [0.5, 0.6) is 5.75 Å². The summed E-state index contributed by atoms with van der Waals surface area (Å²) in [6, 6.07) is 7.93. The number of ether oxygens (including phenoxy) is 1. The average molecular weight is 351 g/mol. The predicted octanol–water partition coefficient (Wildman–Crippen LogP) is 2.52. The zero-order valence-corrected chi connectivity index (χ0v) is 14.6. The van der Waals surface area contributed by atoms with E-state index in [1.54, 1.807) is 6.33 Å². The molecule has 0 spiro atoms. The van der Waals surface area contributed by atoms with E-state index >= 15 is 0 Å². The molecule has 3 aromatic rings. The number of anilines is 1. The standard InChI is InChI=1S/C19H21N5O2/c1-19(5-6-19)26-13-2-3-15-14(8-13)18(23-22-15)16-9-17(21-11-20-16)24-7-4-12(25)10-24/h2-3,8-9,11-12,25H,4-7,10H2,1H3,(H,22,23)/t12-/m1/s1. The van der Waals surface area contributed by atoms with Crippen LogP contribution in [0.4, 0.5) is 5.82 Å². The maximum Gasteiger partial charge on any atom is 0.132 e. The lowest BCUT2D eigenvalue weighted by atomic mass is 10.1.